The van der Waals surface area contributed by atoms with Crippen molar-refractivity contribution in [2.45, 2.75) is 65.5 Å². The van der Waals surface area contributed by atoms with Gasteiger partial charge >= 0.3 is 0 Å². The molecule has 3 nitrogen and oxygen atoms in total. The van der Waals surface area contributed by atoms with Crippen LogP contribution in [0.3, 0.4) is 0 Å². The number of rotatable bonds is 4. The van der Waals surface area contributed by atoms with Crippen LogP contribution in [0.1, 0.15) is 50.9 Å². The molecule has 0 aliphatic heterocycles. The lowest BCUT2D eigenvalue weighted by Gasteiger charge is -2.33. The fraction of sp³-hybridized carbons (Fsp3) is 0.800. The standard InChI is InChI=1S/C15H26N2O/c1-4-12-6-7-15(18)13(9-12)10-14-8-11(3)16-17(14)5-2/h8,12-13,15,18H,4-7,9-10H2,1-3H3. The highest BCUT2D eigenvalue weighted by Gasteiger charge is 2.29. The van der Waals surface area contributed by atoms with Crippen LogP contribution in [-0.2, 0) is 13.0 Å². The molecule has 1 aromatic rings. The summed E-state index contributed by atoms with van der Waals surface area (Å²) in [5, 5.41) is 14.7. The topological polar surface area (TPSA) is 38.1 Å². The number of hydrogen-bond donors (Lipinski definition) is 1. The number of aryl methyl sites for hydroxylation is 2. The van der Waals surface area contributed by atoms with E-state index in [0.717, 1.165) is 31.0 Å². The third-order valence-corrected chi connectivity index (χ3v) is 4.38. The van der Waals surface area contributed by atoms with Gasteiger partial charge in [0.2, 0.25) is 0 Å². The van der Waals surface area contributed by atoms with E-state index in [-0.39, 0.29) is 6.10 Å². The van der Waals surface area contributed by atoms with Crippen LogP contribution in [0.2, 0.25) is 0 Å². The van der Waals surface area contributed by atoms with E-state index >= 15 is 0 Å². The minimum atomic E-state index is -0.117. The highest BCUT2D eigenvalue weighted by atomic mass is 16.3. The van der Waals surface area contributed by atoms with Gasteiger partial charge in [0.05, 0.1) is 11.8 Å². The van der Waals surface area contributed by atoms with Crippen LogP contribution >= 0.6 is 0 Å². The fourth-order valence-electron chi connectivity index (χ4n) is 3.24. The second-order valence-electron chi connectivity index (χ2n) is 5.71. The summed E-state index contributed by atoms with van der Waals surface area (Å²) in [5.41, 5.74) is 2.37. The lowest BCUT2D eigenvalue weighted by Crippen LogP contribution is -2.31. The summed E-state index contributed by atoms with van der Waals surface area (Å²) in [7, 11) is 0. The Balaban J connectivity index is 2.06. The lowest BCUT2D eigenvalue weighted by molar-refractivity contribution is 0.0465. The van der Waals surface area contributed by atoms with Crippen LogP contribution in [0.5, 0.6) is 0 Å². The Hall–Kier alpha value is -0.830. The third-order valence-electron chi connectivity index (χ3n) is 4.38. The highest BCUT2D eigenvalue weighted by molar-refractivity contribution is 5.10. The Labute approximate surface area is 110 Å². The number of nitrogens with zero attached hydrogens (tertiary/aromatic N) is 2. The molecule has 3 atom stereocenters. The van der Waals surface area contributed by atoms with E-state index in [1.165, 1.54) is 25.0 Å². The van der Waals surface area contributed by atoms with Gasteiger partial charge in [-0.1, -0.05) is 13.3 Å². The molecule has 18 heavy (non-hydrogen) atoms. The van der Waals surface area contributed by atoms with Gasteiger partial charge in [-0.25, -0.2) is 0 Å². The Morgan fingerprint density at radius 3 is 2.83 bits per heavy atom. The van der Waals surface area contributed by atoms with Gasteiger partial charge < -0.3 is 5.11 Å². The van der Waals surface area contributed by atoms with Crippen LogP contribution in [-0.4, -0.2) is 21.0 Å². The summed E-state index contributed by atoms with van der Waals surface area (Å²) in [6.45, 7) is 7.35. The number of aliphatic hydroxyl groups is 1. The van der Waals surface area contributed by atoms with E-state index < -0.39 is 0 Å². The van der Waals surface area contributed by atoms with E-state index in [9.17, 15) is 5.11 Å². The molecule has 1 aromatic heterocycles. The quantitative estimate of drug-likeness (QED) is 0.892. The van der Waals surface area contributed by atoms with Crippen molar-refractivity contribution in [3.63, 3.8) is 0 Å². The second kappa shape index (κ2) is 5.87. The normalized spacial score (nSPS) is 28.6. The molecule has 1 aliphatic carbocycles. The van der Waals surface area contributed by atoms with Crippen LogP contribution in [0.25, 0.3) is 0 Å². The average Bonchev–Trinajstić information content (AvgIpc) is 2.72. The summed E-state index contributed by atoms with van der Waals surface area (Å²) >= 11 is 0. The Morgan fingerprint density at radius 2 is 2.17 bits per heavy atom. The first-order valence-electron chi connectivity index (χ1n) is 7.35. The molecule has 102 valence electrons. The molecule has 2 rings (SSSR count). The van der Waals surface area contributed by atoms with Crippen LogP contribution < -0.4 is 0 Å². The van der Waals surface area contributed by atoms with Gasteiger partial charge in [-0.05, 0) is 57.4 Å². The molecule has 1 heterocycles. The summed E-state index contributed by atoms with van der Waals surface area (Å²) in [6.07, 6.45) is 5.45. The van der Waals surface area contributed by atoms with Gasteiger partial charge in [0, 0.05) is 12.2 Å². The van der Waals surface area contributed by atoms with Crippen molar-refractivity contribution in [3.05, 3.63) is 17.5 Å². The molecular weight excluding hydrogens is 224 g/mol. The molecule has 0 aromatic carbocycles. The first-order valence-corrected chi connectivity index (χ1v) is 7.35. The van der Waals surface area contributed by atoms with Gasteiger partial charge in [0.1, 0.15) is 0 Å². The van der Waals surface area contributed by atoms with Crippen molar-refractivity contribution in [2.24, 2.45) is 11.8 Å². The van der Waals surface area contributed by atoms with Crippen molar-refractivity contribution in [1.82, 2.24) is 9.78 Å². The molecule has 1 saturated carbocycles. The lowest BCUT2D eigenvalue weighted by atomic mass is 9.76. The monoisotopic (exact) mass is 250 g/mol. The van der Waals surface area contributed by atoms with Crippen molar-refractivity contribution in [3.8, 4) is 0 Å². The maximum atomic E-state index is 10.2. The van der Waals surface area contributed by atoms with E-state index in [2.05, 4.69) is 29.7 Å². The Kier molecular flexibility index (Phi) is 4.44. The summed E-state index contributed by atoms with van der Waals surface area (Å²) in [4.78, 5) is 0. The van der Waals surface area contributed by atoms with Gasteiger partial charge in [-0.2, -0.15) is 5.10 Å². The molecule has 0 bridgehead atoms. The summed E-state index contributed by atoms with van der Waals surface area (Å²) in [6, 6.07) is 2.17. The molecule has 3 unspecified atom stereocenters. The minimum absolute atomic E-state index is 0.117. The number of aromatic nitrogens is 2. The van der Waals surface area contributed by atoms with Crippen LogP contribution in [0.15, 0.2) is 6.07 Å². The van der Waals surface area contributed by atoms with E-state index in [1.807, 2.05) is 6.92 Å². The third kappa shape index (κ3) is 2.94. The van der Waals surface area contributed by atoms with Crippen LogP contribution in [0.4, 0.5) is 0 Å². The van der Waals surface area contributed by atoms with Gasteiger partial charge in [-0.3, -0.25) is 4.68 Å². The van der Waals surface area contributed by atoms with E-state index in [1.54, 1.807) is 0 Å². The summed E-state index contributed by atoms with van der Waals surface area (Å²) < 4.78 is 2.08. The largest absolute Gasteiger partial charge is 0.393 e. The second-order valence-corrected chi connectivity index (χ2v) is 5.71. The molecule has 0 amide bonds. The fourth-order valence-corrected chi connectivity index (χ4v) is 3.24. The van der Waals surface area contributed by atoms with E-state index in [0.29, 0.717) is 5.92 Å². The predicted octanol–water partition coefficient (Wildman–Crippen LogP) is 2.94. The van der Waals surface area contributed by atoms with Crippen LogP contribution in [0, 0.1) is 18.8 Å². The maximum absolute atomic E-state index is 10.2. The number of aliphatic hydroxyl groups excluding tert-OH is 1. The predicted molar refractivity (Wildman–Crippen MR) is 73.5 cm³/mol. The highest BCUT2D eigenvalue weighted by Crippen LogP contribution is 2.33. The molecule has 0 spiro atoms. The van der Waals surface area contributed by atoms with E-state index in [4.69, 9.17) is 0 Å². The molecule has 1 N–H and O–H groups in total. The van der Waals surface area contributed by atoms with Crippen molar-refractivity contribution < 1.29 is 5.11 Å². The van der Waals surface area contributed by atoms with Gasteiger partial charge in [0.25, 0.3) is 0 Å². The molecule has 1 aliphatic rings. The van der Waals surface area contributed by atoms with Crippen molar-refractivity contribution in [1.29, 1.82) is 0 Å². The average molecular weight is 250 g/mol. The van der Waals surface area contributed by atoms with Gasteiger partial charge in [0.15, 0.2) is 0 Å². The Bertz CT molecular complexity index is 386. The molecule has 1 fully saturated rings. The van der Waals surface area contributed by atoms with Crippen molar-refractivity contribution in [2.75, 3.05) is 0 Å². The molecule has 0 saturated heterocycles. The SMILES string of the molecule is CCC1CCC(O)C(Cc2cc(C)nn2CC)C1. The van der Waals surface area contributed by atoms with Crippen molar-refractivity contribution >= 4 is 0 Å². The first kappa shape index (κ1) is 13.6. The van der Waals surface area contributed by atoms with Gasteiger partial charge in [-0.15, -0.1) is 0 Å². The zero-order chi connectivity index (χ0) is 13.1. The molecule has 0 radical (unpaired) electrons. The first-order chi connectivity index (χ1) is 8.63. The minimum Gasteiger partial charge on any atom is -0.393 e. The number of hydrogen-bond acceptors (Lipinski definition) is 2. The summed E-state index contributed by atoms with van der Waals surface area (Å²) in [5.74, 6) is 1.22. The Morgan fingerprint density at radius 1 is 1.39 bits per heavy atom. The molecular formula is C15H26N2O. The smallest absolute Gasteiger partial charge is 0.0596 e. The zero-order valence-corrected chi connectivity index (χ0v) is 11.9. The maximum Gasteiger partial charge on any atom is 0.0596 e. The zero-order valence-electron chi connectivity index (χ0n) is 11.9. The molecule has 3 heteroatoms.